The van der Waals surface area contributed by atoms with Crippen LogP contribution in [0.1, 0.15) is 5.56 Å². The molecule has 0 aromatic heterocycles. The SMILES string of the molecule is COc1cccc(N2C(=O)N(Cc3c(F)cccc3Cl)c3ccccc3S2(=O)=O)c1. The van der Waals surface area contributed by atoms with Crippen molar-refractivity contribution in [3.63, 3.8) is 0 Å². The zero-order chi connectivity index (χ0) is 21.5. The number of para-hydroxylation sites is 1. The Balaban J connectivity index is 1.90. The van der Waals surface area contributed by atoms with Gasteiger partial charge in [-0.1, -0.05) is 35.9 Å². The molecule has 6 nitrogen and oxygen atoms in total. The van der Waals surface area contributed by atoms with Gasteiger partial charge in [-0.3, -0.25) is 4.90 Å². The van der Waals surface area contributed by atoms with E-state index < -0.39 is 21.9 Å². The van der Waals surface area contributed by atoms with E-state index in [4.69, 9.17) is 16.3 Å². The van der Waals surface area contributed by atoms with Crippen LogP contribution < -0.4 is 13.9 Å². The van der Waals surface area contributed by atoms with Crippen LogP contribution in [0.25, 0.3) is 0 Å². The van der Waals surface area contributed by atoms with E-state index in [1.807, 2.05) is 0 Å². The van der Waals surface area contributed by atoms with Crippen LogP contribution in [0.15, 0.2) is 71.6 Å². The largest absolute Gasteiger partial charge is 0.497 e. The van der Waals surface area contributed by atoms with Gasteiger partial charge >= 0.3 is 6.03 Å². The number of urea groups is 1. The summed E-state index contributed by atoms with van der Waals surface area (Å²) in [7, 11) is -2.76. The number of carbonyl (C=O) groups excluding carboxylic acids is 1. The zero-order valence-corrected chi connectivity index (χ0v) is 17.3. The molecule has 0 saturated carbocycles. The van der Waals surface area contributed by atoms with E-state index in [2.05, 4.69) is 0 Å². The van der Waals surface area contributed by atoms with E-state index in [1.54, 1.807) is 24.3 Å². The van der Waals surface area contributed by atoms with E-state index in [0.717, 1.165) is 0 Å². The first-order chi connectivity index (χ1) is 14.3. The first kappa shape index (κ1) is 20.2. The Morgan fingerprint density at radius 1 is 1.03 bits per heavy atom. The van der Waals surface area contributed by atoms with Gasteiger partial charge in [0.2, 0.25) is 0 Å². The molecule has 0 N–H and O–H groups in total. The van der Waals surface area contributed by atoms with Crippen molar-refractivity contribution in [1.82, 2.24) is 0 Å². The maximum absolute atomic E-state index is 14.4. The number of rotatable bonds is 4. The second-order valence-electron chi connectivity index (χ2n) is 6.51. The van der Waals surface area contributed by atoms with Crippen molar-refractivity contribution >= 4 is 39.0 Å². The van der Waals surface area contributed by atoms with Crippen molar-refractivity contribution in [3.05, 3.63) is 83.1 Å². The molecule has 1 aliphatic heterocycles. The number of amides is 2. The van der Waals surface area contributed by atoms with Crippen LogP contribution in [0.2, 0.25) is 5.02 Å². The van der Waals surface area contributed by atoms with Crippen LogP contribution in [0.5, 0.6) is 5.75 Å². The summed E-state index contributed by atoms with van der Waals surface area (Å²) in [5, 5.41) is 0.140. The van der Waals surface area contributed by atoms with Crippen molar-refractivity contribution in [1.29, 1.82) is 0 Å². The van der Waals surface area contributed by atoms with Crippen LogP contribution in [0.4, 0.5) is 20.6 Å². The molecule has 9 heteroatoms. The van der Waals surface area contributed by atoms with Gasteiger partial charge in [-0.15, -0.1) is 0 Å². The third-order valence-corrected chi connectivity index (χ3v) is 6.85. The number of fused-ring (bicyclic) bond motifs is 1. The summed E-state index contributed by atoms with van der Waals surface area (Å²) in [6.07, 6.45) is 0. The molecule has 1 heterocycles. The van der Waals surface area contributed by atoms with Gasteiger partial charge in [0.25, 0.3) is 10.0 Å². The Bertz CT molecular complexity index is 1230. The number of halogens is 2. The second kappa shape index (κ2) is 7.62. The number of nitrogens with zero attached hydrogens (tertiary/aromatic N) is 2. The normalized spacial score (nSPS) is 15.1. The molecular formula is C21H16ClFN2O4S. The first-order valence-corrected chi connectivity index (χ1v) is 10.7. The van der Waals surface area contributed by atoms with Crippen molar-refractivity contribution in [3.8, 4) is 5.75 Å². The monoisotopic (exact) mass is 446 g/mol. The Labute approximate surface area is 178 Å². The number of carbonyl (C=O) groups is 1. The quantitative estimate of drug-likeness (QED) is 0.576. The van der Waals surface area contributed by atoms with Crippen molar-refractivity contribution < 1.29 is 22.3 Å². The van der Waals surface area contributed by atoms with E-state index in [1.165, 1.54) is 54.5 Å². The Kier molecular flexibility index (Phi) is 5.13. The minimum atomic E-state index is -4.20. The summed E-state index contributed by atoms with van der Waals surface area (Å²) in [5.74, 6) is -0.202. The van der Waals surface area contributed by atoms with Crippen LogP contribution in [-0.4, -0.2) is 21.6 Å². The lowest BCUT2D eigenvalue weighted by Crippen LogP contribution is -2.50. The van der Waals surface area contributed by atoms with Gasteiger partial charge in [-0.05, 0) is 36.4 Å². The lowest BCUT2D eigenvalue weighted by atomic mass is 10.2. The molecular weight excluding hydrogens is 431 g/mol. The van der Waals surface area contributed by atoms with E-state index in [9.17, 15) is 17.6 Å². The van der Waals surface area contributed by atoms with Crippen LogP contribution in [0.3, 0.4) is 0 Å². The minimum Gasteiger partial charge on any atom is -0.497 e. The molecule has 3 aromatic carbocycles. The number of hydrogen-bond donors (Lipinski definition) is 0. The van der Waals surface area contributed by atoms with Crippen LogP contribution in [0, 0.1) is 5.82 Å². The average Bonchev–Trinajstić information content (AvgIpc) is 2.73. The third kappa shape index (κ3) is 3.28. The highest BCUT2D eigenvalue weighted by Crippen LogP contribution is 2.39. The zero-order valence-electron chi connectivity index (χ0n) is 15.7. The lowest BCUT2D eigenvalue weighted by Gasteiger charge is -2.36. The smallest absolute Gasteiger partial charge is 0.343 e. The minimum absolute atomic E-state index is 0.0696. The molecule has 0 unspecified atom stereocenters. The Hall–Kier alpha value is -3.10. The van der Waals surface area contributed by atoms with Crippen molar-refractivity contribution in [2.45, 2.75) is 11.4 Å². The van der Waals surface area contributed by atoms with Gasteiger partial charge in [0.15, 0.2) is 0 Å². The molecule has 3 aromatic rings. The van der Waals surface area contributed by atoms with Crippen LogP contribution in [-0.2, 0) is 16.6 Å². The standard InChI is InChI=1S/C21H16ClFN2O4S/c1-29-15-7-4-6-14(12-15)25-21(26)24(13-16-17(22)8-5-9-18(16)23)19-10-2-3-11-20(19)30(25,27)28/h2-12H,13H2,1H3. The number of hydrogen-bond acceptors (Lipinski definition) is 4. The second-order valence-corrected chi connectivity index (χ2v) is 8.67. The van der Waals surface area contributed by atoms with Gasteiger partial charge in [0.05, 0.1) is 25.0 Å². The number of ether oxygens (including phenoxy) is 1. The molecule has 154 valence electrons. The molecule has 0 aliphatic carbocycles. The summed E-state index contributed by atoms with van der Waals surface area (Å²) in [6, 6.07) is 15.6. The average molecular weight is 447 g/mol. The summed E-state index contributed by atoms with van der Waals surface area (Å²) in [6.45, 7) is -0.239. The summed E-state index contributed by atoms with van der Waals surface area (Å²) < 4.78 is 46.8. The Morgan fingerprint density at radius 2 is 1.77 bits per heavy atom. The highest BCUT2D eigenvalue weighted by atomic mass is 35.5. The fourth-order valence-corrected chi connectivity index (χ4v) is 5.10. The molecule has 0 spiro atoms. The Morgan fingerprint density at radius 3 is 2.50 bits per heavy atom. The fourth-order valence-electron chi connectivity index (χ4n) is 3.29. The third-order valence-electron chi connectivity index (χ3n) is 4.74. The summed E-state index contributed by atoms with van der Waals surface area (Å²) in [4.78, 5) is 14.5. The molecule has 4 rings (SSSR count). The van der Waals surface area contributed by atoms with E-state index >= 15 is 0 Å². The van der Waals surface area contributed by atoms with Gasteiger partial charge in [0.1, 0.15) is 16.5 Å². The summed E-state index contributed by atoms with van der Waals surface area (Å²) in [5.41, 5.74) is 0.353. The molecule has 0 saturated heterocycles. The molecule has 2 amide bonds. The molecule has 0 radical (unpaired) electrons. The number of anilines is 2. The van der Waals surface area contributed by atoms with E-state index in [0.29, 0.717) is 10.1 Å². The number of benzene rings is 3. The van der Waals surface area contributed by atoms with Crippen LogP contribution >= 0.6 is 11.6 Å². The summed E-state index contributed by atoms with van der Waals surface area (Å²) >= 11 is 6.15. The molecule has 1 aliphatic rings. The van der Waals surface area contributed by atoms with E-state index in [-0.39, 0.29) is 33.4 Å². The predicted octanol–water partition coefficient (Wildman–Crippen LogP) is 4.82. The molecule has 0 bridgehead atoms. The number of sulfonamides is 1. The van der Waals surface area contributed by atoms with Gasteiger partial charge in [-0.25, -0.2) is 17.6 Å². The van der Waals surface area contributed by atoms with Gasteiger partial charge in [0, 0.05) is 16.7 Å². The maximum atomic E-state index is 14.4. The first-order valence-electron chi connectivity index (χ1n) is 8.87. The predicted molar refractivity (Wildman–Crippen MR) is 112 cm³/mol. The molecule has 0 atom stereocenters. The van der Waals surface area contributed by atoms with Crippen molar-refractivity contribution in [2.75, 3.05) is 16.3 Å². The lowest BCUT2D eigenvalue weighted by molar-refractivity contribution is 0.253. The maximum Gasteiger partial charge on any atom is 0.343 e. The van der Waals surface area contributed by atoms with Gasteiger partial charge in [-0.2, -0.15) is 4.31 Å². The molecule has 0 fully saturated rings. The number of methoxy groups -OCH3 is 1. The van der Waals surface area contributed by atoms with Crippen molar-refractivity contribution in [2.24, 2.45) is 0 Å². The highest BCUT2D eigenvalue weighted by Gasteiger charge is 2.42. The topological polar surface area (TPSA) is 66.9 Å². The van der Waals surface area contributed by atoms with Gasteiger partial charge < -0.3 is 4.74 Å². The fraction of sp³-hybridized carbons (Fsp3) is 0.0952. The highest BCUT2D eigenvalue weighted by molar-refractivity contribution is 7.94. The molecule has 30 heavy (non-hydrogen) atoms.